The summed E-state index contributed by atoms with van der Waals surface area (Å²) >= 11 is 1.49. The molecule has 2 aromatic heterocycles. The van der Waals surface area contributed by atoms with Gasteiger partial charge in [0, 0.05) is 55.0 Å². The lowest BCUT2D eigenvalue weighted by Crippen LogP contribution is -2.43. The summed E-state index contributed by atoms with van der Waals surface area (Å²) in [6.07, 6.45) is 2.53. The van der Waals surface area contributed by atoms with Gasteiger partial charge in [0.2, 0.25) is 5.91 Å². The first kappa shape index (κ1) is 26.0. The third-order valence-electron chi connectivity index (χ3n) is 6.65. The number of rotatable bonds is 9. The van der Waals surface area contributed by atoms with Gasteiger partial charge >= 0.3 is 0 Å². The number of benzene rings is 1. The van der Waals surface area contributed by atoms with Crippen molar-refractivity contribution >= 4 is 40.8 Å². The molecule has 4 rings (SSSR count). The van der Waals surface area contributed by atoms with Crippen LogP contribution in [-0.4, -0.2) is 51.9 Å². The second-order valence-electron chi connectivity index (χ2n) is 9.55. The van der Waals surface area contributed by atoms with Crippen LogP contribution in [0.25, 0.3) is 0 Å². The number of methoxy groups -OCH3 is 1. The number of aryl methyl sites for hydroxylation is 1. The SMILES string of the molecule is CCC(=O)Nc1ccc(Sc2nc(Nc3cc(C)[nH]n3)cc(N3CCC(C(C)(C)OC)CC3)n2)cc1. The third kappa shape index (κ3) is 6.55. The minimum atomic E-state index is -0.133. The Morgan fingerprint density at radius 1 is 1.17 bits per heavy atom. The number of aromatic nitrogens is 4. The molecule has 10 heteroatoms. The summed E-state index contributed by atoms with van der Waals surface area (Å²) in [5.74, 6) is 2.80. The molecule has 1 fully saturated rings. The first-order valence-electron chi connectivity index (χ1n) is 12.3. The fraction of sp³-hybridized carbons (Fsp3) is 0.462. The Bertz CT molecular complexity index is 1170. The van der Waals surface area contributed by atoms with Crippen molar-refractivity contribution in [2.75, 3.05) is 35.7 Å². The predicted octanol–water partition coefficient (Wildman–Crippen LogP) is 5.39. The van der Waals surface area contributed by atoms with Crippen LogP contribution in [0.3, 0.4) is 0 Å². The number of nitrogens with one attached hydrogen (secondary N) is 3. The van der Waals surface area contributed by atoms with Crippen molar-refractivity contribution in [3.05, 3.63) is 42.1 Å². The monoisotopic (exact) mass is 509 g/mol. The van der Waals surface area contributed by atoms with Crippen LogP contribution in [-0.2, 0) is 9.53 Å². The van der Waals surface area contributed by atoms with Gasteiger partial charge in [0.25, 0.3) is 0 Å². The van der Waals surface area contributed by atoms with Crippen molar-refractivity contribution in [3.63, 3.8) is 0 Å². The van der Waals surface area contributed by atoms with Crippen LogP contribution >= 0.6 is 11.8 Å². The lowest BCUT2D eigenvalue weighted by atomic mass is 9.83. The molecule has 1 amide bonds. The van der Waals surface area contributed by atoms with Gasteiger partial charge in [0.05, 0.1) is 5.60 Å². The number of piperidine rings is 1. The standard InChI is InChI=1S/C26H35N7O2S/c1-6-24(34)27-19-7-9-20(10-8-19)36-25-29-21(28-22-15-17(2)31-32-22)16-23(30-25)33-13-11-18(12-14-33)26(3,4)35-5/h7-10,15-16,18H,6,11-14H2,1-5H3,(H,27,34)(H2,28,29,30,31,32). The van der Waals surface area contributed by atoms with Crippen LogP contribution in [0.1, 0.15) is 45.7 Å². The fourth-order valence-corrected chi connectivity index (χ4v) is 5.00. The van der Waals surface area contributed by atoms with Gasteiger partial charge in [-0.1, -0.05) is 6.92 Å². The highest BCUT2D eigenvalue weighted by Gasteiger charge is 2.33. The number of hydrogen-bond donors (Lipinski definition) is 3. The number of hydrogen-bond acceptors (Lipinski definition) is 8. The van der Waals surface area contributed by atoms with E-state index in [1.165, 1.54) is 11.8 Å². The molecule has 1 aliphatic rings. The van der Waals surface area contributed by atoms with Gasteiger partial charge in [0.15, 0.2) is 11.0 Å². The number of aromatic amines is 1. The van der Waals surface area contributed by atoms with E-state index < -0.39 is 0 Å². The summed E-state index contributed by atoms with van der Waals surface area (Å²) in [5, 5.41) is 14.1. The molecule has 1 saturated heterocycles. The Hall–Kier alpha value is -3.11. The molecule has 0 spiro atoms. The second kappa shape index (κ2) is 11.3. The van der Waals surface area contributed by atoms with Crippen molar-refractivity contribution in [2.24, 2.45) is 5.92 Å². The summed E-state index contributed by atoms with van der Waals surface area (Å²) < 4.78 is 5.74. The topological polar surface area (TPSA) is 108 Å². The first-order valence-corrected chi connectivity index (χ1v) is 13.1. The van der Waals surface area contributed by atoms with Gasteiger partial charge in [-0.3, -0.25) is 9.89 Å². The average molecular weight is 510 g/mol. The lowest BCUT2D eigenvalue weighted by Gasteiger charge is -2.40. The van der Waals surface area contributed by atoms with Gasteiger partial charge in [-0.25, -0.2) is 9.97 Å². The highest BCUT2D eigenvalue weighted by Crippen LogP contribution is 2.34. The second-order valence-corrected chi connectivity index (χ2v) is 10.6. The number of amides is 1. The quantitative estimate of drug-likeness (QED) is 0.329. The number of ether oxygens (including phenoxy) is 1. The Kier molecular flexibility index (Phi) is 8.15. The summed E-state index contributed by atoms with van der Waals surface area (Å²) in [7, 11) is 1.79. The summed E-state index contributed by atoms with van der Waals surface area (Å²) in [6.45, 7) is 9.94. The van der Waals surface area contributed by atoms with Crippen molar-refractivity contribution in [1.29, 1.82) is 0 Å². The van der Waals surface area contributed by atoms with Crippen molar-refractivity contribution in [2.45, 2.75) is 62.6 Å². The lowest BCUT2D eigenvalue weighted by molar-refractivity contribution is -0.115. The van der Waals surface area contributed by atoms with Crippen LogP contribution in [0.5, 0.6) is 0 Å². The molecule has 3 aromatic rings. The molecule has 0 aliphatic carbocycles. The van der Waals surface area contributed by atoms with Gasteiger partial charge in [0.1, 0.15) is 11.6 Å². The van der Waals surface area contributed by atoms with E-state index in [2.05, 4.69) is 39.6 Å². The van der Waals surface area contributed by atoms with E-state index in [-0.39, 0.29) is 11.5 Å². The number of H-pyrrole nitrogens is 1. The molecule has 0 atom stereocenters. The molecule has 9 nitrogen and oxygen atoms in total. The molecule has 3 heterocycles. The summed E-state index contributed by atoms with van der Waals surface area (Å²) in [6, 6.07) is 11.7. The molecule has 1 aliphatic heterocycles. The van der Waals surface area contributed by atoms with Gasteiger partial charge in [-0.15, -0.1) is 0 Å². The van der Waals surface area contributed by atoms with E-state index >= 15 is 0 Å². The minimum absolute atomic E-state index is 0.00610. The molecule has 3 N–H and O–H groups in total. The first-order chi connectivity index (χ1) is 17.3. The Balaban J connectivity index is 1.54. The van der Waals surface area contributed by atoms with Crippen molar-refractivity contribution < 1.29 is 9.53 Å². The molecule has 192 valence electrons. The molecule has 0 bridgehead atoms. The van der Waals surface area contributed by atoms with E-state index in [0.717, 1.165) is 48.0 Å². The smallest absolute Gasteiger partial charge is 0.224 e. The van der Waals surface area contributed by atoms with Crippen molar-refractivity contribution in [3.8, 4) is 0 Å². The van der Waals surface area contributed by atoms with Crippen LogP contribution in [0.4, 0.5) is 23.1 Å². The molecular formula is C26H35N7O2S. The van der Waals surface area contributed by atoms with E-state index in [1.54, 1.807) is 7.11 Å². The summed E-state index contributed by atoms with van der Waals surface area (Å²) in [5.41, 5.74) is 1.62. The third-order valence-corrected chi connectivity index (χ3v) is 7.52. The van der Waals surface area contributed by atoms with Gasteiger partial charge in [-0.2, -0.15) is 5.10 Å². The largest absolute Gasteiger partial charge is 0.379 e. The molecule has 36 heavy (non-hydrogen) atoms. The Labute approximate surface area is 216 Å². The maximum atomic E-state index is 11.7. The fourth-order valence-electron chi connectivity index (χ4n) is 4.23. The Morgan fingerprint density at radius 3 is 2.50 bits per heavy atom. The highest BCUT2D eigenvalue weighted by molar-refractivity contribution is 7.99. The van der Waals surface area contributed by atoms with Crippen LogP contribution in [0.2, 0.25) is 0 Å². The van der Waals surface area contributed by atoms with Crippen LogP contribution in [0, 0.1) is 12.8 Å². The van der Waals surface area contributed by atoms with Gasteiger partial charge in [-0.05, 0) is 75.6 Å². The minimum Gasteiger partial charge on any atom is -0.379 e. The van der Waals surface area contributed by atoms with Crippen LogP contribution < -0.4 is 15.5 Å². The van der Waals surface area contributed by atoms with E-state index in [1.807, 2.05) is 50.2 Å². The van der Waals surface area contributed by atoms with Crippen LogP contribution in [0.15, 0.2) is 46.5 Å². The predicted molar refractivity (Wildman–Crippen MR) is 144 cm³/mol. The molecule has 0 saturated carbocycles. The average Bonchev–Trinajstić information content (AvgIpc) is 3.29. The number of anilines is 4. The molecule has 1 aromatic carbocycles. The zero-order valence-corrected chi connectivity index (χ0v) is 22.4. The van der Waals surface area contributed by atoms with E-state index in [9.17, 15) is 4.79 Å². The number of carbonyl (C=O) groups is 1. The van der Waals surface area contributed by atoms with Gasteiger partial charge < -0.3 is 20.3 Å². The Morgan fingerprint density at radius 2 is 1.89 bits per heavy atom. The van der Waals surface area contributed by atoms with Crippen molar-refractivity contribution in [1.82, 2.24) is 20.2 Å². The normalized spacial score (nSPS) is 14.6. The molecular weight excluding hydrogens is 474 g/mol. The number of carbonyl (C=O) groups excluding carboxylic acids is 1. The zero-order valence-electron chi connectivity index (χ0n) is 21.6. The molecule has 0 unspecified atom stereocenters. The maximum Gasteiger partial charge on any atom is 0.224 e. The maximum absolute atomic E-state index is 11.7. The van der Waals surface area contributed by atoms with E-state index in [4.69, 9.17) is 14.7 Å². The number of nitrogens with zero attached hydrogens (tertiary/aromatic N) is 4. The summed E-state index contributed by atoms with van der Waals surface area (Å²) in [4.78, 5) is 24.6. The van der Waals surface area contributed by atoms with E-state index in [0.29, 0.717) is 29.1 Å². The molecule has 0 radical (unpaired) electrons. The zero-order chi connectivity index (χ0) is 25.7. The highest BCUT2D eigenvalue weighted by atomic mass is 32.2.